The van der Waals surface area contributed by atoms with Crippen LogP contribution in [0.25, 0.3) is 0 Å². The Morgan fingerprint density at radius 3 is 2.60 bits per heavy atom. The van der Waals surface area contributed by atoms with Crippen molar-refractivity contribution in [1.82, 2.24) is 4.98 Å². The Hall–Kier alpha value is -1.30. The third-order valence-corrected chi connectivity index (χ3v) is 2.60. The molecule has 1 heterocycles. The Morgan fingerprint density at radius 2 is 2.13 bits per heavy atom. The number of anilines is 2. The second kappa shape index (κ2) is 3.69. The predicted molar refractivity (Wildman–Crippen MR) is 59.3 cm³/mol. The molecule has 15 heavy (non-hydrogen) atoms. The second-order valence-corrected chi connectivity index (χ2v) is 5.47. The van der Waals surface area contributed by atoms with E-state index in [0.29, 0.717) is 11.7 Å². The van der Waals surface area contributed by atoms with Crippen LogP contribution in [-0.2, 0) is 10.0 Å². The van der Waals surface area contributed by atoms with E-state index in [2.05, 4.69) is 15.0 Å². The minimum absolute atomic E-state index is 0.485. The van der Waals surface area contributed by atoms with Crippen LogP contribution in [0.5, 0.6) is 0 Å². The lowest BCUT2D eigenvalue weighted by atomic mass is 10.4. The molecule has 0 radical (unpaired) electrons. The van der Waals surface area contributed by atoms with E-state index in [1.165, 1.54) is 19.0 Å². The third-order valence-electron chi connectivity index (χ3n) is 2.00. The molecule has 5 nitrogen and oxygen atoms in total. The first kappa shape index (κ1) is 10.2. The first-order valence-electron chi connectivity index (χ1n) is 4.73. The zero-order valence-electron chi connectivity index (χ0n) is 8.40. The van der Waals surface area contributed by atoms with Crippen molar-refractivity contribution < 1.29 is 8.42 Å². The van der Waals surface area contributed by atoms with Gasteiger partial charge in [-0.3, -0.25) is 4.72 Å². The normalized spacial score (nSPS) is 16.1. The summed E-state index contributed by atoms with van der Waals surface area (Å²) >= 11 is 0. The lowest BCUT2D eigenvalue weighted by Gasteiger charge is -2.05. The zero-order chi connectivity index (χ0) is 10.9. The van der Waals surface area contributed by atoms with E-state index in [-0.39, 0.29) is 0 Å². The van der Waals surface area contributed by atoms with E-state index in [4.69, 9.17) is 0 Å². The number of hydrogen-bond acceptors (Lipinski definition) is 4. The fourth-order valence-electron chi connectivity index (χ4n) is 1.19. The van der Waals surface area contributed by atoms with Gasteiger partial charge in [0.2, 0.25) is 10.0 Å². The summed E-state index contributed by atoms with van der Waals surface area (Å²) in [5.41, 5.74) is 0.485. The average molecular weight is 227 g/mol. The maximum absolute atomic E-state index is 10.9. The van der Waals surface area contributed by atoms with Crippen LogP contribution in [-0.4, -0.2) is 25.7 Å². The molecule has 1 aliphatic rings. The van der Waals surface area contributed by atoms with Crippen molar-refractivity contribution in [3.05, 3.63) is 18.3 Å². The number of aromatic nitrogens is 1. The van der Waals surface area contributed by atoms with Crippen LogP contribution >= 0.6 is 0 Å². The van der Waals surface area contributed by atoms with Gasteiger partial charge in [-0.15, -0.1) is 0 Å². The molecule has 2 N–H and O–H groups in total. The highest BCUT2D eigenvalue weighted by atomic mass is 32.2. The molecule has 82 valence electrons. The molecule has 0 aromatic carbocycles. The molecule has 0 unspecified atom stereocenters. The van der Waals surface area contributed by atoms with E-state index >= 15 is 0 Å². The van der Waals surface area contributed by atoms with Gasteiger partial charge >= 0.3 is 0 Å². The molecule has 6 heteroatoms. The lowest BCUT2D eigenvalue weighted by Crippen LogP contribution is -2.10. The zero-order valence-corrected chi connectivity index (χ0v) is 9.21. The predicted octanol–water partition coefficient (Wildman–Crippen LogP) is 1.03. The fourth-order valence-corrected chi connectivity index (χ4v) is 1.74. The van der Waals surface area contributed by atoms with Gasteiger partial charge in [-0.05, 0) is 25.0 Å². The van der Waals surface area contributed by atoms with Crippen LogP contribution in [0.3, 0.4) is 0 Å². The second-order valence-electron chi connectivity index (χ2n) is 3.72. The Labute approximate surface area is 89.0 Å². The minimum Gasteiger partial charge on any atom is -0.367 e. The summed E-state index contributed by atoms with van der Waals surface area (Å²) < 4.78 is 24.2. The van der Waals surface area contributed by atoms with Gasteiger partial charge in [-0.1, -0.05) is 0 Å². The summed E-state index contributed by atoms with van der Waals surface area (Å²) in [4.78, 5) is 4.10. The van der Waals surface area contributed by atoms with E-state index in [1.54, 1.807) is 12.1 Å². The summed E-state index contributed by atoms with van der Waals surface area (Å²) in [5, 5.41) is 3.22. The minimum atomic E-state index is -3.21. The lowest BCUT2D eigenvalue weighted by molar-refractivity contribution is 0.607. The van der Waals surface area contributed by atoms with Gasteiger partial charge in [0.05, 0.1) is 18.1 Å². The molecule has 0 atom stereocenters. The molecular weight excluding hydrogens is 214 g/mol. The van der Waals surface area contributed by atoms with Crippen LogP contribution in [0.1, 0.15) is 12.8 Å². The largest absolute Gasteiger partial charge is 0.367 e. The number of sulfonamides is 1. The topological polar surface area (TPSA) is 71.1 Å². The SMILES string of the molecule is CS(=O)(=O)Nc1ccc(NC2CC2)nc1. The molecule has 0 spiro atoms. The monoisotopic (exact) mass is 227 g/mol. The molecule has 2 rings (SSSR count). The molecule has 1 aromatic rings. The van der Waals surface area contributed by atoms with Gasteiger partial charge in [-0.25, -0.2) is 13.4 Å². The maximum atomic E-state index is 10.9. The van der Waals surface area contributed by atoms with E-state index in [9.17, 15) is 8.42 Å². The van der Waals surface area contributed by atoms with Crippen molar-refractivity contribution in [1.29, 1.82) is 0 Å². The molecular formula is C9H13N3O2S. The summed E-state index contributed by atoms with van der Waals surface area (Å²) in [7, 11) is -3.21. The van der Waals surface area contributed by atoms with Crippen molar-refractivity contribution in [2.24, 2.45) is 0 Å². The molecule has 0 aliphatic heterocycles. The number of nitrogens with zero attached hydrogens (tertiary/aromatic N) is 1. The Balaban J connectivity index is 2.02. The van der Waals surface area contributed by atoms with Gasteiger partial charge in [0, 0.05) is 6.04 Å². The van der Waals surface area contributed by atoms with Crippen LogP contribution in [0.2, 0.25) is 0 Å². The highest BCUT2D eigenvalue weighted by molar-refractivity contribution is 7.92. The Bertz CT molecular complexity index is 437. The van der Waals surface area contributed by atoms with Crippen LogP contribution < -0.4 is 10.0 Å². The summed E-state index contributed by atoms with van der Waals surface area (Å²) in [5.74, 6) is 0.788. The number of hydrogen-bond donors (Lipinski definition) is 2. The molecule has 0 saturated heterocycles. The molecule has 1 fully saturated rings. The molecule has 1 saturated carbocycles. The van der Waals surface area contributed by atoms with Crippen molar-refractivity contribution in [3.8, 4) is 0 Å². The van der Waals surface area contributed by atoms with Crippen molar-refractivity contribution in [2.75, 3.05) is 16.3 Å². The van der Waals surface area contributed by atoms with Gasteiger partial charge in [-0.2, -0.15) is 0 Å². The highest BCUT2D eigenvalue weighted by Crippen LogP contribution is 2.23. The first-order valence-corrected chi connectivity index (χ1v) is 6.62. The van der Waals surface area contributed by atoms with Crippen LogP contribution in [0.15, 0.2) is 18.3 Å². The molecule has 1 aromatic heterocycles. The number of nitrogens with one attached hydrogen (secondary N) is 2. The van der Waals surface area contributed by atoms with E-state index in [0.717, 1.165) is 12.1 Å². The molecule has 0 bridgehead atoms. The van der Waals surface area contributed by atoms with Gasteiger partial charge in [0.15, 0.2) is 0 Å². The van der Waals surface area contributed by atoms with Gasteiger partial charge in [0.1, 0.15) is 5.82 Å². The number of rotatable bonds is 4. The summed E-state index contributed by atoms with van der Waals surface area (Å²) in [6.07, 6.45) is 4.99. The maximum Gasteiger partial charge on any atom is 0.229 e. The van der Waals surface area contributed by atoms with E-state index < -0.39 is 10.0 Å². The van der Waals surface area contributed by atoms with Gasteiger partial charge < -0.3 is 5.32 Å². The first-order chi connectivity index (χ1) is 7.03. The number of pyridine rings is 1. The Morgan fingerprint density at radius 1 is 1.40 bits per heavy atom. The van der Waals surface area contributed by atoms with Crippen molar-refractivity contribution >= 4 is 21.5 Å². The fraction of sp³-hybridized carbons (Fsp3) is 0.444. The van der Waals surface area contributed by atoms with Crippen molar-refractivity contribution in [3.63, 3.8) is 0 Å². The average Bonchev–Trinajstić information content (AvgIpc) is 2.90. The smallest absolute Gasteiger partial charge is 0.229 e. The standard InChI is InChI=1S/C9H13N3O2S/c1-15(13,14)12-8-4-5-9(10-6-8)11-7-2-3-7/h4-7,12H,2-3H2,1H3,(H,10,11). The Kier molecular flexibility index (Phi) is 2.52. The summed E-state index contributed by atoms with van der Waals surface area (Å²) in [6.45, 7) is 0. The van der Waals surface area contributed by atoms with Crippen LogP contribution in [0, 0.1) is 0 Å². The highest BCUT2D eigenvalue weighted by Gasteiger charge is 2.20. The van der Waals surface area contributed by atoms with Crippen LogP contribution in [0.4, 0.5) is 11.5 Å². The third kappa shape index (κ3) is 3.39. The van der Waals surface area contributed by atoms with Crippen molar-refractivity contribution in [2.45, 2.75) is 18.9 Å². The quantitative estimate of drug-likeness (QED) is 0.806. The summed E-state index contributed by atoms with van der Waals surface area (Å²) in [6, 6.07) is 4.01. The molecule has 1 aliphatic carbocycles. The van der Waals surface area contributed by atoms with E-state index in [1.807, 2.05) is 0 Å². The van der Waals surface area contributed by atoms with Gasteiger partial charge in [0.25, 0.3) is 0 Å². The molecule has 0 amide bonds.